The summed E-state index contributed by atoms with van der Waals surface area (Å²) < 4.78 is 1.06. The van der Waals surface area contributed by atoms with E-state index < -0.39 is 17.1 Å². The van der Waals surface area contributed by atoms with Gasteiger partial charge in [0.25, 0.3) is 5.56 Å². The van der Waals surface area contributed by atoms with Gasteiger partial charge in [-0.3, -0.25) is 14.8 Å². The number of halogens is 1. The van der Waals surface area contributed by atoms with Crippen LogP contribution in [0.2, 0.25) is 5.02 Å². The molecule has 2 aromatic carbocycles. The maximum absolute atomic E-state index is 12.9. The van der Waals surface area contributed by atoms with Crippen molar-refractivity contribution < 1.29 is 5.11 Å². The van der Waals surface area contributed by atoms with Gasteiger partial charge in [0.15, 0.2) is 0 Å². The van der Waals surface area contributed by atoms with Gasteiger partial charge in [0.2, 0.25) is 5.88 Å². The Kier molecular flexibility index (Phi) is 5.74. The number of para-hydroxylation sites is 1. The van der Waals surface area contributed by atoms with Gasteiger partial charge in [0, 0.05) is 31.3 Å². The van der Waals surface area contributed by atoms with E-state index in [1.165, 1.54) is 4.88 Å². The van der Waals surface area contributed by atoms with E-state index in [9.17, 15) is 14.7 Å². The third kappa shape index (κ3) is 4.17. The summed E-state index contributed by atoms with van der Waals surface area (Å²) in [5.74, 6) is -0.449. The van der Waals surface area contributed by atoms with Crippen LogP contribution in [-0.4, -0.2) is 20.4 Å². The first kappa shape index (κ1) is 21.8. The summed E-state index contributed by atoms with van der Waals surface area (Å²) in [5, 5.41) is 11.6. The van der Waals surface area contributed by atoms with Gasteiger partial charge in [0.05, 0.1) is 17.1 Å². The zero-order chi connectivity index (χ0) is 23.1. The van der Waals surface area contributed by atoms with Crippen molar-refractivity contribution in [3.63, 3.8) is 0 Å². The zero-order valence-electron chi connectivity index (χ0n) is 17.4. The number of nitrogens with zero attached hydrogens (tertiary/aromatic N) is 2. The maximum Gasteiger partial charge on any atom is 0.335 e. The van der Waals surface area contributed by atoms with E-state index in [4.69, 9.17) is 16.6 Å². The second kappa shape index (κ2) is 8.70. The van der Waals surface area contributed by atoms with Crippen LogP contribution in [0.25, 0.3) is 5.69 Å². The molecule has 3 heterocycles. The summed E-state index contributed by atoms with van der Waals surface area (Å²) in [5.41, 5.74) is 0.0974. The van der Waals surface area contributed by atoms with E-state index in [2.05, 4.69) is 24.0 Å². The van der Waals surface area contributed by atoms with Gasteiger partial charge in [-0.15, -0.1) is 23.1 Å². The highest BCUT2D eigenvalue weighted by Crippen LogP contribution is 2.47. The number of thioether (sulfide) groups is 1. The summed E-state index contributed by atoms with van der Waals surface area (Å²) in [6.45, 7) is 2.05. The standard InChI is InChI=1S/C24H18ClN3O3S2/c1-13-6-11-19(32-13)20-12-17(26-16-4-2-3-5-18(16)33-20)21-22(29)27-24(31)28(23(21)30)15-9-7-14(25)8-10-15/h2-11,20,30H,12H2,1H3,(H,27,29,31)/t20-/m0/s1. The van der Waals surface area contributed by atoms with Crippen LogP contribution in [0.4, 0.5) is 5.69 Å². The topological polar surface area (TPSA) is 87.5 Å². The summed E-state index contributed by atoms with van der Waals surface area (Å²) in [4.78, 5) is 36.0. The molecule has 4 aromatic rings. The van der Waals surface area contributed by atoms with E-state index in [-0.39, 0.29) is 10.8 Å². The maximum atomic E-state index is 12.9. The van der Waals surface area contributed by atoms with Crippen molar-refractivity contribution >= 4 is 46.1 Å². The summed E-state index contributed by atoms with van der Waals surface area (Å²) in [6.07, 6.45) is 0.411. The Morgan fingerprint density at radius 3 is 2.58 bits per heavy atom. The second-order valence-corrected chi connectivity index (χ2v) is 10.6. The monoisotopic (exact) mass is 495 g/mol. The molecule has 33 heavy (non-hydrogen) atoms. The number of fused-ring (bicyclic) bond motifs is 1. The van der Waals surface area contributed by atoms with Crippen LogP contribution in [0.5, 0.6) is 5.88 Å². The lowest BCUT2D eigenvalue weighted by molar-refractivity contribution is 0.429. The van der Waals surface area contributed by atoms with Gasteiger partial charge in [-0.2, -0.15) is 0 Å². The first-order valence-electron chi connectivity index (χ1n) is 10.1. The van der Waals surface area contributed by atoms with Crippen molar-refractivity contribution in [2.24, 2.45) is 4.99 Å². The number of aryl methyl sites for hydroxylation is 1. The van der Waals surface area contributed by atoms with Gasteiger partial charge in [0.1, 0.15) is 5.56 Å². The molecule has 2 N–H and O–H groups in total. The molecule has 0 amide bonds. The first-order chi connectivity index (χ1) is 15.9. The Hall–Kier alpha value is -3.07. The number of aromatic amines is 1. The van der Waals surface area contributed by atoms with Gasteiger partial charge in [-0.1, -0.05) is 23.7 Å². The molecule has 0 aliphatic carbocycles. The number of aromatic nitrogens is 2. The Labute approximate surface area is 202 Å². The predicted octanol–water partition coefficient (Wildman–Crippen LogP) is 5.61. The average Bonchev–Trinajstić information content (AvgIpc) is 3.12. The third-order valence-corrected chi connectivity index (χ3v) is 8.13. The van der Waals surface area contributed by atoms with Crippen LogP contribution in [0.15, 0.2) is 80.1 Å². The third-order valence-electron chi connectivity index (χ3n) is 5.31. The van der Waals surface area contributed by atoms with Crippen molar-refractivity contribution in [3.05, 3.63) is 102 Å². The number of nitrogens with one attached hydrogen (secondary N) is 1. The quantitative estimate of drug-likeness (QED) is 0.386. The minimum atomic E-state index is -0.738. The largest absolute Gasteiger partial charge is 0.493 e. The number of aliphatic imine (C=N–C) groups is 1. The van der Waals surface area contributed by atoms with Gasteiger partial charge < -0.3 is 5.11 Å². The molecule has 0 unspecified atom stereocenters. The normalized spacial score (nSPS) is 15.6. The molecule has 0 bridgehead atoms. The summed E-state index contributed by atoms with van der Waals surface area (Å²) in [6, 6.07) is 18.3. The zero-order valence-corrected chi connectivity index (χ0v) is 19.8. The van der Waals surface area contributed by atoms with Crippen molar-refractivity contribution in [1.82, 2.24) is 9.55 Å². The molecular formula is C24H18ClN3O3S2. The Balaban J connectivity index is 1.71. The highest BCUT2D eigenvalue weighted by Gasteiger charge is 2.28. The van der Waals surface area contributed by atoms with Crippen LogP contribution in [0, 0.1) is 6.92 Å². The van der Waals surface area contributed by atoms with Crippen LogP contribution in [0.3, 0.4) is 0 Å². The molecular weight excluding hydrogens is 478 g/mol. The van der Waals surface area contributed by atoms with E-state index in [1.54, 1.807) is 47.4 Å². The van der Waals surface area contributed by atoms with Crippen LogP contribution in [-0.2, 0) is 0 Å². The highest BCUT2D eigenvalue weighted by molar-refractivity contribution is 7.99. The molecule has 0 spiro atoms. The van der Waals surface area contributed by atoms with Crippen LogP contribution in [0.1, 0.15) is 27.0 Å². The molecule has 1 atom stereocenters. The first-order valence-corrected chi connectivity index (χ1v) is 12.2. The van der Waals surface area contributed by atoms with E-state index in [1.807, 2.05) is 24.3 Å². The number of benzene rings is 2. The number of hydrogen-bond acceptors (Lipinski definition) is 6. The smallest absolute Gasteiger partial charge is 0.335 e. The molecule has 1 aliphatic heterocycles. The fourth-order valence-corrected chi connectivity index (χ4v) is 6.18. The molecule has 5 rings (SSSR count). The number of H-pyrrole nitrogens is 1. The lowest BCUT2D eigenvalue weighted by atomic mass is 10.1. The molecule has 9 heteroatoms. The van der Waals surface area contributed by atoms with Gasteiger partial charge in [-0.05, 0) is 55.5 Å². The minimum Gasteiger partial charge on any atom is -0.493 e. The van der Waals surface area contributed by atoms with Crippen molar-refractivity contribution in [2.75, 3.05) is 0 Å². The lowest BCUT2D eigenvalue weighted by Crippen LogP contribution is -2.33. The fourth-order valence-electron chi connectivity index (χ4n) is 3.77. The molecule has 1 aliphatic rings. The fraction of sp³-hybridized carbons (Fsp3) is 0.125. The Morgan fingerprint density at radius 2 is 1.85 bits per heavy atom. The average molecular weight is 496 g/mol. The van der Waals surface area contributed by atoms with Crippen LogP contribution < -0.4 is 11.2 Å². The Morgan fingerprint density at radius 1 is 1.09 bits per heavy atom. The molecule has 0 saturated heterocycles. The predicted molar refractivity (Wildman–Crippen MR) is 134 cm³/mol. The molecule has 2 aromatic heterocycles. The Bertz CT molecular complexity index is 1500. The van der Waals surface area contributed by atoms with Crippen molar-refractivity contribution in [1.29, 1.82) is 0 Å². The number of thiophene rings is 1. The summed E-state index contributed by atoms with van der Waals surface area (Å²) >= 11 is 9.34. The van der Waals surface area contributed by atoms with Gasteiger partial charge in [-0.25, -0.2) is 9.36 Å². The number of aromatic hydroxyl groups is 1. The minimum absolute atomic E-state index is 0.000750. The lowest BCUT2D eigenvalue weighted by Gasteiger charge is -2.16. The molecule has 6 nitrogen and oxygen atoms in total. The van der Waals surface area contributed by atoms with E-state index >= 15 is 0 Å². The molecule has 0 saturated carbocycles. The summed E-state index contributed by atoms with van der Waals surface area (Å²) in [7, 11) is 0. The van der Waals surface area contributed by atoms with Crippen molar-refractivity contribution in [2.45, 2.75) is 23.5 Å². The van der Waals surface area contributed by atoms with E-state index in [0.717, 1.165) is 20.0 Å². The molecule has 166 valence electrons. The number of hydrogen-bond donors (Lipinski definition) is 2. The van der Waals surface area contributed by atoms with Crippen LogP contribution >= 0.6 is 34.7 Å². The van der Waals surface area contributed by atoms with Crippen molar-refractivity contribution in [3.8, 4) is 11.6 Å². The van der Waals surface area contributed by atoms with E-state index in [0.29, 0.717) is 22.8 Å². The molecule has 0 fully saturated rings. The van der Waals surface area contributed by atoms with Gasteiger partial charge >= 0.3 is 5.69 Å². The SMILES string of the molecule is Cc1ccc([C@@H]2CC(c3c(O)n(-c4ccc(Cl)cc4)c(=O)[nH]c3=O)=Nc3ccccc3S2)s1. The second-order valence-electron chi connectivity index (χ2n) is 7.55. The molecule has 0 radical (unpaired) electrons. The number of rotatable bonds is 3. The highest BCUT2D eigenvalue weighted by atomic mass is 35.5.